The van der Waals surface area contributed by atoms with Crippen LogP contribution in [0.4, 0.5) is 0 Å². The Morgan fingerprint density at radius 3 is 1.07 bits per heavy atom. The molecule has 11 rings (SSSR count). The number of fused-ring (bicyclic) bond motifs is 7. The lowest BCUT2D eigenvalue weighted by Crippen LogP contribution is -2.17. The van der Waals surface area contributed by atoms with Gasteiger partial charge in [0.2, 0.25) is 0 Å². The normalized spacial score (nSPS) is 13.0. The average Bonchev–Trinajstić information content (AvgIpc) is 3.62. The summed E-state index contributed by atoms with van der Waals surface area (Å²) in [6, 6.07) is 65.6. The maximum absolute atomic E-state index is 2.60. The standard InChI is InChI=1S/C68H64/c1-65(2,3)46-32-44(33-47(37-46)66(4,5)6)60-57-39-55-51(41-22-15-13-16-23-41)30-31-52(42-24-17-14-18-25-42)56(55)40-58(57)61(45-34-48(67(7,8)9)38-49(35-45)68(10,11)12)64-59-36-43-26-19-20-27-50(43)53-28-21-29-54(62(53)59)63(60)64/h13-40H,1-12H3. The second-order valence-corrected chi connectivity index (χ2v) is 23.8. The second kappa shape index (κ2) is 15.4. The molecule has 0 heterocycles. The van der Waals surface area contributed by atoms with E-state index in [1.807, 2.05) is 0 Å². The summed E-state index contributed by atoms with van der Waals surface area (Å²) in [6.07, 6.45) is 0. The Hall–Kier alpha value is -6.76. The molecule has 0 fully saturated rings. The summed E-state index contributed by atoms with van der Waals surface area (Å²) in [6.45, 7) is 28.4. The molecule has 0 aliphatic heterocycles. The topological polar surface area (TPSA) is 0 Å². The van der Waals surface area contributed by atoms with Crippen LogP contribution in [0, 0.1) is 0 Å². The molecular formula is C68H64. The zero-order chi connectivity index (χ0) is 47.7. The zero-order valence-electron chi connectivity index (χ0n) is 42.2. The van der Waals surface area contributed by atoms with Gasteiger partial charge in [0.1, 0.15) is 0 Å². The fourth-order valence-electron chi connectivity index (χ4n) is 11.0. The Labute approximate surface area is 404 Å². The summed E-state index contributed by atoms with van der Waals surface area (Å²) < 4.78 is 0. The average molecular weight is 881 g/mol. The quantitative estimate of drug-likeness (QED) is 0.122. The summed E-state index contributed by atoms with van der Waals surface area (Å²) in [7, 11) is 0. The first kappa shape index (κ1) is 43.8. The van der Waals surface area contributed by atoms with E-state index in [0.29, 0.717) is 0 Å². The third-order valence-electron chi connectivity index (χ3n) is 14.9. The molecule has 10 aromatic rings. The lowest BCUT2D eigenvalue weighted by Gasteiger charge is -2.29. The van der Waals surface area contributed by atoms with Gasteiger partial charge >= 0.3 is 0 Å². The molecule has 0 radical (unpaired) electrons. The summed E-state index contributed by atoms with van der Waals surface area (Å²) in [5.41, 5.74) is 20.6. The highest BCUT2D eigenvalue weighted by Gasteiger charge is 2.34. The van der Waals surface area contributed by atoms with Crippen molar-refractivity contribution in [2.75, 3.05) is 0 Å². The molecule has 68 heavy (non-hydrogen) atoms. The third kappa shape index (κ3) is 7.18. The van der Waals surface area contributed by atoms with Gasteiger partial charge in [-0.25, -0.2) is 0 Å². The van der Waals surface area contributed by atoms with Gasteiger partial charge in [-0.3, -0.25) is 0 Å². The molecule has 1 aliphatic carbocycles. The van der Waals surface area contributed by atoms with Crippen LogP contribution in [0.1, 0.15) is 105 Å². The molecule has 0 saturated carbocycles. The summed E-state index contributed by atoms with van der Waals surface area (Å²) in [5.74, 6) is 0. The molecule has 10 aromatic carbocycles. The number of hydrogen-bond acceptors (Lipinski definition) is 0. The molecular weight excluding hydrogens is 817 g/mol. The van der Waals surface area contributed by atoms with Crippen molar-refractivity contribution >= 4 is 43.1 Å². The van der Waals surface area contributed by atoms with Crippen LogP contribution >= 0.6 is 0 Å². The molecule has 0 aromatic heterocycles. The molecule has 0 spiro atoms. The van der Waals surface area contributed by atoms with E-state index < -0.39 is 0 Å². The molecule has 0 atom stereocenters. The number of rotatable bonds is 4. The van der Waals surface area contributed by atoms with Gasteiger partial charge in [0, 0.05) is 0 Å². The van der Waals surface area contributed by atoms with E-state index in [0.717, 1.165) is 0 Å². The minimum Gasteiger partial charge on any atom is -0.0622 e. The van der Waals surface area contributed by atoms with Crippen molar-refractivity contribution in [1.29, 1.82) is 0 Å². The highest BCUT2D eigenvalue weighted by Crippen LogP contribution is 2.60. The smallest absolute Gasteiger partial charge is 0.000719 e. The lowest BCUT2D eigenvalue weighted by molar-refractivity contribution is 0.568. The van der Waals surface area contributed by atoms with Gasteiger partial charge in [-0.1, -0.05) is 235 Å². The maximum Gasteiger partial charge on any atom is -0.000719 e. The monoisotopic (exact) mass is 881 g/mol. The molecule has 336 valence electrons. The Kier molecular flexibility index (Phi) is 9.90. The van der Waals surface area contributed by atoms with Gasteiger partial charge in [-0.05, 0) is 172 Å². The van der Waals surface area contributed by atoms with Crippen molar-refractivity contribution in [3.05, 3.63) is 192 Å². The van der Waals surface area contributed by atoms with Gasteiger partial charge in [-0.15, -0.1) is 0 Å². The van der Waals surface area contributed by atoms with Crippen LogP contribution in [0.2, 0.25) is 0 Å². The Morgan fingerprint density at radius 2 is 0.632 bits per heavy atom. The van der Waals surface area contributed by atoms with E-state index >= 15 is 0 Å². The highest BCUT2D eigenvalue weighted by molar-refractivity contribution is 6.32. The van der Waals surface area contributed by atoms with Gasteiger partial charge in [0.25, 0.3) is 0 Å². The fourth-order valence-corrected chi connectivity index (χ4v) is 11.0. The van der Waals surface area contributed by atoms with E-state index in [4.69, 9.17) is 0 Å². The van der Waals surface area contributed by atoms with Crippen LogP contribution in [-0.4, -0.2) is 0 Å². The number of hydrogen-bond donors (Lipinski definition) is 0. The zero-order valence-corrected chi connectivity index (χ0v) is 42.2. The van der Waals surface area contributed by atoms with E-state index in [2.05, 4.69) is 253 Å². The molecule has 0 N–H and O–H groups in total. The highest BCUT2D eigenvalue weighted by atomic mass is 14.4. The summed E-state index contributed by atoms with van der Waals surface area (Å²) >= 11 is 0. The molecule has 0 amide bonds. The molecule has 0 unspecified atom stereocenters. The van der Waals surface area contributed by atoms with Crippen LogP contribution in [0.3, 0.4) is 0 Å². The van der Waals surface area contributed by atoms with Gasteiger partial charge < -0.3 is 0 Å². The van der Waals surface area contributed by atoms with E-state index in [9.17, 15) is 0 Å². The van der Waals surface area contributed by atoms with Crippen LogP contribution < -0.4 is 0 Å². The third-order valence-corrected chi connectivity index (χ3v) is 14.9. The minimum atomic E-state index is -0.0668. The first-order valence-electron chi connectivity index (χ1n) is 24.7. The molecule has 0 bridgehead atoms. The van der Waals surface area contributed by atoms with Crippen molar-refractivity contribution in [1.82, 2.24) is 0 Å². The Morgan fingerprint density at radius 1 is 0.235 bits per heavy atom. The molecule has 0 saturated heterocycles. The van der Waals surface area contributed by atoms with Crippen LogP contribution in [-0.2, 0) is 21.7 Å². The lowest BCUT2D eigenvalue weighted by atomic mass is 9.75. The van der Waals surface area contributed by atoms with E-state index in [-0.39, 0.29) is 21.7 Å². The molecule has 0 nitrogen and oxygen atoms in total. The largest absolute Gasteiger partial charge is 0.0622 e. The predicted octanol–water partition coefficient (Wildman–Crippen LogP) is 19.8. The van der Waals surface area contributed by atoms with Crippen LogP contribution in [0.25, 0.3) is 110 Å². The number of benzene rings is 10. The van der Waals surface area contributed by atoms with E-state index in [1.165, 1.54) is 132 Å². The maximum atomic E-state index is 2.60. The first-order chi connectivity index (χ1) is 32.3. The van der Waals surface area contributed by atoms with Crippen molar-refractivity contribution < 1.29 is 0 Å². The molecule has 0 heteroatoms. The minimum absolute atomic E-state index is 0.0653. The van der Waals surface area contributed by atoms with Crippen molar-refractivity contribution in [2.24, 2.45) is 0 Å². The van der Waals surface area contributed by atoms with Gasteiger partial charge in [0.05, 0.1) is 0 Å². The predicted molar refractivity (Wildman–Crippen MR) is 297 cm³/mol. The fraction of sp³-hybridized carbons (Fsp3) is 0.235. The van der Waals surface area contributed by atoms with Gasteiger partial charge in [-0.2, -0.15) is 0 Å². The van der Waals surface area contributed by atoms with Crippen LogP contribution in [0.15, 0.2) is 170 Å². The first-order valence-corrected chi connectivity index (χ1v) is 24.7. The SMILES string of the molecule is CC(C)(C)c1cc(-c2c3c(c(-c4cc(C(C)(C)C)cc(C(C)(C)C)c4)c4cc5c(-c6ccccc6)ccc(-c6ccccc6)c5cc24)-c2cc4ccccc4c4cccc-3c24)cc(C(C)(C)C)c1. The van der Waals surface area contributed by atoms with Crippen molar-refractivity contribution in [2.45, 2.75) is 105 Å². The molecule has 1 aliphatic rings. The summed E-state index contributed by atoms with van der Waals surface area (Å²) in [5, 5.41) is 10.3. The van der Waals surface area contributed by atoms with Crippen molar-refractivity contribution in [3.63, 3.8) is 0 Å². The Bertz CT molecular complexity index is 3600. The van der Waals surface area contributed by atoms with Crippen LogP contribution in [0.5, 0.6) is 0 Å². The van der Waals surface area contributed by atoms with Crippen molar-refractivity contribution in [3.8, 4) is 66.8 Å². The second-order valence-electron chi connectivity index (χ2n) is 23.8. The van der Waals surface area contributed by atoms with Gasteiger partial charge in [0.15, 0.2) is 0 Å². The summed E-state index contributed by atoms with van der Waals surface area (Å²) in [4.78, 5) is 0. The Balaban J connectivity index is 1.44. The van der Waals surface area contributed by atoms with E-state index in [1.54, 1.807) is 0 Å².